The Balaban J connectivity index is 2.01. The van der Waals surface area contributed by atoms with Gasteiger partial charge in [0, 0.05) is 5.54 Å². The van der Waals surface area contributed by atoms with Crippen LogP contribution in [0.5, 0.6) is 0 Å². The molecule has 3 N–H and O–H groups in total. The molecule has 0 heterocycles. The molecule has 1 aromatic carbocycles. The van der Waals surface area contributed by atoms with E-state index in [2.05, 4.69) is 12.1 Å². The van der Waals surface area contributed by atoms with Gasteiger partial charge in [-0.3, -0.25) is 0 Å². The summed E-state index contributed by atoms with van der Waals surface area (Å²) in [6, 6.07) is 10.4. The average molecular weight is 177 g/mol. The summed E-state index contributed by atoms with van der Waals surface area (Å²) in [5.41, 5.74) is 6.92. The molecular weight excluding hydrogens is 162 g/mol. The molecule has 0 saturated heterocycles. The summed E-state index contributed by atoms with van der Waals surface area (Å²) in [6.45, 7) is 0.107. The summed E-state index contributed by atoms with van der Waals surface area (Å²) in [5.74, 6) is 0.554. The topological polar surface area (TPSA) is 46.2 Å². The van der Waals surface area contributed by atoms with E-state index < -0.39 is 0 Å². The fourth-order valence-electron chi connectivity index (χ4n) is 2.01. The third-order valence-electron chi connectivity index (χ3n) is 2.89. The molecular formula is C11H15NO. The van der Waals surface area contributed by atoms with Crippen molar-refractivity contribution in [3.63, 3.8) is 0 Å². The largest absolute Gasteiger partial charge is 0.394 e. The second kappa shape index (κ2) is 3.13. The van der Waals surface area contributed by atoms with Gasteiger partial charge < -0.3 is 10.8 Å². The summed E-state index contributed by atoms with van der Waals surface area (Å²) in [4.78, 5) is 0. The van der Waals surface area contributed by atoms with E-state index in [-0.39, 0.29) is 12.1 Å². The van der Waals surface area contributed by atoms with Crippen LogP contribution in [0.15, 0.2) is 30.3 Å². The van der Waals surface area contributed by atoms with E-state index in [1.807, 2.05) is 18.2 Å². The van der Waals surface area contributed by atoms with Crippen molar-refractivity contribution in [1.82, 2.24) is 0 Å². The van der Waals surface area contributed by atoms with Crippen LogP contribution in [0.4, 0.5) is 0 Å². The van der Waals surface area contributed by atoms with Crippen LogP contribution in [-0.4, -0.2) is 17.3 Å². The molecule has 1 aliphatic carbocycles. The van der Waals surface area contributed by atoms with Crippen molar-refractivity contribution in [3.8, 4) is 0 Å². The van der Waals surface area contributed by atoms with Crippen LogP contribution in [0.3, 0.4) is 0 Å². The van der Waals surface area contributed by atoms with Gasteiger partial charge in [0.2, 0.25) is 0 Å². The fraction of sp³-hybridized carbons (Fsp3) is 0.455. The molecule has 0 radical (unpaired) electrons. The number of rotatable bonds is 2. The van der Waals surface area contributed by atoms with Crippen LogP contribution in [0, 0.1) is 0 Å². The zero-order chi connectivity index (χ0) is 9.31. The maximum atomic E-state index is 8.98. The second-order valence-corrected chi connectivity index (χ2v) is 4.04. The monoisotopic (exact) mass is 177 g/mol. The Morgan fingerprint density at radius 2 is 1.92 bits per heavy atom. The van der Waals surface area contributed by atoms with E-state index in [0.717, 1.165) is 12.8 Å². The molecule has 1 saturated carbocycles. The first-order valence-electron chi connectivity index (χ1n) is 4.68. The number of hydrogen-bond donors (Lipinski definition) is 2. The maximum absolute atomic E-state index is 8.98. The summed E-state index contributed by atoms with van der Waals surface area (Å²) < 4.78 is 0. The zero-order valence-corrected chi connectivity index (χ0v) is 7.61. The lowest BCUT2D eigenvalue weighted by Crippen LogP contribution is -2.53. The van der Waals surface area contributed by atoms with Crippen molar-refractivity contribution < 1.29 is 5.11 Å². The maximum Gasteiger partial charge on any atom is 0.0611 e. The molecule has 1 aromatic rings. The molecule has 0 unspecified atom stereocenters. The highest BCUT2D eigenvalue weighted by atomic mass is 16.3. The van der Waals surface area contributed by atoms with Gasteiger partial charge in [0.1, 0.15) is 0 Å². The molecule has 2 rings (SSSR count). The third kappa shape index (κ3) is 1.60. The summed E-state index contributed by atoms with van der Waals surface area (Å²) in [5, 5.41) is 8.98. The van der Waals surface area contributed by atoms with Gasteiger partial charge in [-0.15, -0.1) is 0 Å². The van der Waals surface area contributed by atoms with E-state index in [1.165, 1.54) is 5.56 Å². The van der Waals surface area contributed by atoms with E-state index in [0.29, 0.717) is 5.92 Å². The van der Waals surface area contributed by atoms with Crippen molar-refractivity contribution in [2.75, 3.05) is 6.61 Å². The third-order valence-corrected chi connectivity index (χ3v) is 2.89. The van der Waals surface area contributed by atoms with Gasteiger partial charge in [-0.05, 0) is 24.3 Å². The van der Waals surface area contributed by atoms with Gasteiger partial charge in [0.25, 0.3) is 0 Å². The molecule has 0 bridgehead atoms. The second-order valence-electron chi connectivity index (χ2n) is 4.04. The van der Waals surface area contributed by atoms with E-state index in [4.69, 9.17) is 10.8 Å². The average Bonchev–Trinajstić information content (AvgIpc) is 2.14. The Morgan fingerprint density at radius 1 is 1.31 bits per heavy atom. The summed E-state index contributed by atoms with van der Waals surface area (Å²) >= 11 is 0. The van der Waals surface area contributed by atoms with Crippen LogP contribution in [0.2, 0.25) is 0 Å². The van der Waals surface area contributed by atoms with Crippen LogP contribution in [-0.2, 0) is 0 Å². The lowest BCUT2D eigenvalue weighted by Gasteiger charge is -2.44. The summed E-state index contributed by atoms with van der Waals surface area (Å²) in [6.07, 6.45) is 1.82. The van der Waals surface area contributed by atoms with Crippen molar-refractivity contribution in [2.24, 2.45) is 5.73 Å². The molecule has 0 spiro atoms. The van der Waals surface area contributed by atoms with Crippen molar-refractivity contribution in [3.05, 3.63) is 35.9 Å². The van der Waals surface area contributed by atoms with Crippen LogP contribution in [0.1, 0.15) is 24.3 Å². The number of aliphatic hydroxyl groups excluding tert-OH is 1. The molecule has 13 heavy (non-hydrogen) atoms. The molecule has 0 aromatic heterocycles. The van der Waals surface area contributed by atoms with Gasteiger partial charge in [0.15, 0.2) is 0 Å². The Morgan fingerprint density at radius 3 is 2.46 bits per heavy atom. The van der Waals surface area contributed by atoms with Crippen molar-refractivity contribution in [2.45, 2.75) is 24.3 Å². The minimum absolute atomic E-state index is 0.107. The Hall–Kier alpha value is -0.860. The zero-order valence-electron chi connectivity index (χ0n) is 7.61. The predicted octanol–water partition coefficient (Wildman–Crippen LogP) is 1.25. The minimum atomic E-state index is -0.305. The molecule has 1 aliphatic rings. The number of nitrogens with two attached hydrogens (primary N) is 1. The van der Waals surface area contributed by atoms with E-state index in [1.54, 1.807) is 0 Å². The SMILES string of the molecule is NC1(CO)CC(c2ccccc2)C1. The van der Waals surface area contributed by atoms with Gasteiger partial charge in [-0.2, -0.15) is 0 Å². The highest BCUT2D eigenvalue weighted by molar-refractivity contribution is 5.24. The van der Waals surface area contributed by atoms with E-state index in [9.17, 15) is 0 Å². The normalized spacial score (nSPS) is 32.6. The first-order valence-corrected chi connectivity index (χ1v) is 4.68. The van der Waals surface area contributed by atoms with Gasteiger partial charge in [0.05, 0.1) is 6.61 Å². The molecule has 2 nitrogen and oxygen atoms in total. The summed E-state index contributed by atoms with van der Waals surface area (Å²) in [7, 11) is 0. The number of benzene rings is 1. The highest BCUT2D eigenvalue weighted by Crippen LogP contribution is 2.42. The fourth-order valence-corrected chi connectivity index (χ4v) is 2.01. The molecule has 2 heteroatoms. The number of aliphatic hydroxyl groups is 1. The Kier molecular flexibility index (Phi) is 2.10. The lowest BCUT2D eigenvalue weighted by molar-refractivity contribution is 0.106. The van der Waals surface area contributed by atoms with Gasteiger partial charge in [-0.25, -0.2) is 0 Å². The Labute approximate surface area is 78.4 Å². The first-order chi connectivity index (χ1) is 6.23. The highest BCUT2D eigenvalue weighted by Gasteiger charge is 2.40. The molecule has 0 aliphatic heterocycles. The predicted molar refractivity (Wildman–Crippen MR) is 52.4 cm³/mol. The van der Waals surface area contributed by atoms with Crippen LogP contribution in [0.25, 0.3) is 0 Å². The van der Waals surface area contributed by atoms with Crippen LogP contribution >= 0.6 is 0 Å². The number of hydrogen-bond acceptors (Lipinski definition) is 2. The van der Waals surface area contributed by atoms with Crippen molar-refractivity contribution >= 4 is 0 Å². The molecule has 70 valence electrons. The first kappa shape index (κ1) is 8.73. The smallest absolute Gasteiger partial charge is 0.0611 e. The lowest BCUT2D eigenvalue weighted by atomic mass is 9.66. The van der Waals surface area contributed by atoms with Gasteiger partial charge >= 0.3 is 0 Å². The standard InChI is InChI=1S/C11H15NO/c12-11(8-13)6-10(7-11)9-4-2-1-3-5-9/h1-5,10,13H,6-8,12H2. The van der Waals surface area contributed by atoms with Gasteiger partial charge in [-0.1, -0.05) is 30.3 Å². The molecule has 1 fully saturated rings. The Bertz CT molecular complexity index is 277. The minimum Gasteiger partial charge on any atom is -0.394 e. The molecule has 0 amide bonds. The van der Waals surface area contributed by atoms with Crippen molar-refractivity contribution in [1.29, 1.82) is 0 Å². The quantitative estimate of drug-likeness (QED) is 0.714. The molecule has 0 atom stereocenters. The van der Waals surface area contributed by atoms with Crippen LogP contribution < -0.4 is 5.73 Å². The van der Waals surface area contributed by atoms with E-state index >= 15 is 0 Å².